The lowest BCUT2D eigenvalue weighted by atomic mass is 10.2. The fourth-order valence-corrected chi connectivity index (χ4v) is 3.02. The van der Waals surface area contributed by atoms with Crippen LogP contribution in [0.1, 0.15) is 16.1 Å². The molecule has 0 atom stereocenters. The van der Waals surface area contributed by atoms with Crippen molar-refractivity contribution in [3.8, 4) is 5.69 Å². The van der Waals surface area contributed by atoms with Crippen LogP contribution in [0.2, 0.25) is 5.02 Å². The summed E-state index contributed by atoms with van der Waals surface area (Å²) in [5, 5.41) is 11.2. The number of para-hydroxylation sites is 1. The van der Waals surface area contributed by atoms with E-state index < -0.39 is 0 Å². The number of rotatable bonds is 5. The summed E-state index contributed by atoms with van der Waals surface area (Å²) in [6, 6.07) is 19.5. The zero-order valence-corrected chi connectivity index (χ0v) is 16.0. The summed E-state index contributed by atoms with van der Waals surface area (Å²) >= 11 is 6.15. The van der Waals surface area contributed by atoms with Gasteiger partial charge in [0.1, 0.15) is 0 Å². The van der Waals surface area contributed by atoms with Gasteiger partial charge in [0.05, 0.1) is 23.5 Å². The fraction of sp³-hybridized carbons (Fsp3) is 0.0476. The van der Waals surface area contributed by atoms with E-state index >= 15 is 0 Å². The zero-order valence-electron chi connectivity index (χ0n) is 15.2. The Balaban J connectivity index is 1.44. The number of nitrogens with zero attached hydrogens (tertiary/aromatic N) is 4. The molecule has 0 bridgehead atoms. The SMILES string of the molecule is O=C(Nc1ccc(Cn2ccccc2=O)cc1)c1cn(-c2ccccc2Cl)nn1. The number of halogens is 1. The number of anilines is 1. The van der Waals surface area contributed by atoms with Gasteiger partial charge < -0.3 is 9.88 Å². The van der Waals surface area contributed by atoms with Gasteiger partial charge in [0.15, 0.2) is 5.69 Å². The number of aromatic nitrogens is 4. The predicted octanol–water partition coefficient (Wildman–Crippen LogP) is 3.38. The molecule has 2 aromatic carbocycles. The second kappa shape index (κ2) is 8.12. The number of benzene rings is 2. The summed E-state index contributed by atoms with van der Waals surface area (Å²) in [6.45, 7) is 0.458. The lowest BCUT2D eigenvalue weighted by molar-refractivity contribution is 0.102. The van der Waals surface area contributed by atoms with Crippen molar-refractivity contribution in [3.63, 3.8) is 0 Å². The van der Waals surface area contributed by atoms with Crippen LogP contribution in [0.15, 0.2) is 83.9 Å². The highest BCUT2D eigenvalue weighted by atomic mass is 35.5. The van der Waals surface area contributed by atoms with Crippen LogP contribution in [0.5, 0.6) is 0 Å². The van der Waals surface area contributed by atoms with Crippen LogP contribution < -0.4 is 10.9 Å². The largest absolute Gasteiger partial charge is 0.321 e. The Bertz CT molecular complexity index is 1210. The van der Waals surface area contributed by atoms with Crippen molar-refractivity contribution in [2.75, 3.05) is 5.32 Å². The maximum atomic E-state index is 12.5. The highest BCUT2D eigenvalue weighted by Gasteiger charge is 2.13. The van der Waals surface area contributed by atoms with Crippen LogP contribution in [0, 0.1) is 0 Å². The van der Waals surface area contributed by atoms with Crippen molar-refractivity contribution in [3.05, 3.63) is 106 Å². The molecule has 1 N–H and O–H groups in total. The highest BCUT2D eigenvalue weighted by Crippen LogP contribution is 2.19. The maximum absolute atomic E-state index is 12.5. The molecule has 0 aliphatic rings. The van der Waals surface area contributed by atoms with Gasteiger partial charge in [-0.3, -0.25) is 9.59 Å². The Hall–Kier alpha value is -3.71. The van der Waals surface area contributed by atoms with Gasteiger partial charge in [-0.05, 0) is 35.9 Å². The van der Waals surface area contributed by atoms with E-state index in [1.54, 1.807) is 41.1 Å². The topological polar surface area (TPSA) is 81.8 Å². The van der Waals surface area contributed by atoms with Gasteiger partial charge in [-0.25, -0.2) is 4.68 Å². The van der Waals surface area contributed by atoms with Gasteiger partial charge in [0.2, 0.25) is 0 Å². The molecule has 0 fully saturated rings. The number of carbonyl (C=O) groups is 1. The predicted molar refractivity (Wildman–Crippen MR) is 111 cm³/mol. The Morgan fingerprint density at radius 1 is 1.00 bits per heavy atom. The van der Waals surface area contributed by atoms with Crippen molar-refractivity contribution in [2.45, 2.75) is 6.54 Å². The lowest BCUT2D eigenvalue weighted by Crippen LogP contribution is -2.18. The second-order valence-electron chi connectivity index (χ2n) is 6.32. The first-order valence-electron chi connectivity index (χ1n) is 8.83. The van der Waals surface area contributed by atoms with E-state index in [2.05, 4.69) is 15.6 Å². The standard InChI is InChI=1S/C21H16ClN5O2/c22-17-5-1-2-6-19(17)27-14-18(24-25-27)21(29)23-16-10-8-15(9-11-16)13-26-12-4-3-7-20(26)28/h1-12,14H,13H2,(H,23,29). The van der Waals surface area contributed by atoms with Gasteiger partial charge in [0, 0.05) is 18.0 Å². The molecule has 0 unspecified atom stereocenters. The number of nitrogens with one attached hydrogen (secondary N) is 1. The number of hydrogen-bond acceptors (Lipinski definition) is 4. The third-order valence-electron chi connectivity index (χ3n) is 4.29. The van der Waals surface area contributed by atoms with Crippen molar-refractivity contribution in [2.24, 2.45) is 0 Å². The molecule has 0 aliphatic heterocycles. The van der Waals surface area contributed by atoms with Crippen LogP contribution in [-0.4, -0.2) is 25.5 Å². The van der Waals surface area contributed by atoms with Crippen molar-refractivity contribution in [1.82, 2.24) is 19.6 Å². The van der Waals surface area contributed by atoms with E-state index in [1.807, 2.05) is 30.3 Å². The third-order valence-corrected chi connectivity index (χ3v) is 4.61. The molecular formula is C21H16ClN5O2. The second-order valence-corrected chi connectivity index (χ2v) is 6.72. The first-order chi connectivity index (χ1) is 14.1. The average molecular weight is 406 g/mol. The Labute approximate surface area is 171 Å². The van der Waals surface area contributed by atoms with Crippen molar-refractivity contribution in [1.29, 1.82) is 0 Å². The van der Waals surface area contributed by atoms with E-state index in [0.29, 0.717) is 22.9 Å². The minimum absolute atomic E-state index is 0.0634. The molecule has 7 nitrogen and oxygen atoms in total. The zero-order chi connectivity index (χ0) is 20.2. The van der Waals surface area contributed by atoms with E-state index in [9.17, 15) is 9.59 Å². The molecule has 4 rings (SSSR count). The van der Waals surface area contributed by atoms with Crippen molar-refractivity contribution < 1.29 is 4.79 Å². The third kappa shape index (κ3) is 4.25. The van der Waals surface area contributed by atoms with Gasteiger partial charge in [-0.15, -0.1) is 5.10 Å². The molecule has 29 heavy (non-hydrogen) atoms. The Morgan fingerprint density at radius 2 is 1.76 bits per heavy atom. The fourth-order valence-electron chi connectivity index (χ4n) is 2.80. The quantitative estimate of drug-likeness (QED) is 0.551. The number of amides is 1. The molecular weight excluding hydrogens is 390 g/mol. The van der Waals surface area contributed by atoms with Gasteiger partial charge in [-0.2, -0.15) is 0 Å². The summed E-state index contributed by atoms with van der Waals surface area (Å²) < 4.78 is 3.07. The molecule has 0 saturated carbocycles. The molecule has 8 heteroatoms. The van der Waals surface area contributed by atoms with Gasteiger partial charge in [0.25, 0.3) is 11.5 Å². The summed E-state index contributed by atoms with van der Waals surface area (Å²) in [5.41, 5.74) is 2.31. The Morgan fingerprint density at radius 3 is 2.52 bits per heavy atom. The normalized spacial score (nSPS) is 10.7. The van der Waals surface area contributed by atoms with Crippen molar-refractivity contribution >= 4 is 23.2 Å². The highest BCUT2D eigenvalue weighted by molar-refractivity contribution is 6.32. The van der Waals surface area contributed by atoms with Gasteiger partial charge >= 0.3 is 0 Å². The van der Waals surface area contributed by atoms with Crippen LogP contribution >= 0.6 is 11.6 Å². The maximum Gasteiger partial charge on any atom is 0.277 e. The minimum Gasteiger partial charge on any atom is -0.321 e. The molecule has 0 radical (unpaired) electrons. The summed E-state index contributed by atoms with van der Waals surface area (Å²) in [7, 11) is 0. The van der Waals surface area contributed by atoms with Crippen LogP contribution in [0.4, 0.5) is 5.69 Å². The van der Waals surface area contributed by atoms with Crippen LogP contribution in [0.25, 0.3) is 5.69 Å². The summed E-state index contributed by atoms with van der Waals surface area (Å²) in [5.74, 6) is -0.379. The first kappa shape index (κ1) is 18.6. The molecule has 2 aromatic heterocycles. The van der Waals surface area contributed by atoms with E-state index in [-0.39, 0.29) is 17.2 Å². The average Bonchev–Trinajstić information content (AvgIpc) is 3.22. The van der Waals surface area contributed by atoms with Gasteiger partial charge in [-0.1, -0.05) is 47.1 Å². The number of pyridine rings is 1. The van der Waals surface area contributed by atoms with Crippen LogP contribution in [0.3, 0.4) is 0 Å². The number of carbonyl (C=O) groups excluding carboxylic acids is 1. The van der Waals surface area contributed by atoms with E-state index in [1.165, 1.54) is 16.9 Å². The molecule has 144 valence electrons. The van der Waals surface area contributed by atoms with E-state index in [4.69, 9.17) is 11.6 Å². The molecule has 0 saturated heterocycles. The van der Waals surface area contributed by atoms with E-state index in [0.717, 1.165) is 5.56 Å². The lowest BCUT2D eigenvalue weighted by Gasteiger charge is -2.07. The smallest absolute Gasteiger partial charge is 0.277 e. The molecule has 1 amide bonds. The Kier molecular flexibility index (Phi) is 5.22. The molecule has 0 aliphatic carbocycles. The first-order valence-corrected chi connectivity index (χ1v) is 9.21. The molecule has 4 aromatic rings. The summed E-state index contributed by atoms with van der Waals surface area (Å²) in [6.07, 6.45) is 3.26. The monoisotopic (exact) mass is 405 g/mol. The summed E-state index contributed by atoms with van der Waals surface area (Å²) in [4.78, 5) is 24.3. The number of hydrogen-bond donors (Lipinski definition) is 1. The minimum atomic E-state index is -0.379. The molecule has 0 spiro atoms. The van der Waals surface area contributed by atoms with Crippen LogP contribution in [-0.2, 0) is 6.54 Å². The molecule has 2 heterocycles.